The molecule has 2 aromatic rings. The van der Waals surface area contributed by atoms with Gasteiger partial charge in [0.15, 0.2) is 0 Å². The third-order valence-corrected chi connectivity index (χ3v) is 6.29. The normalized spacial score (nSPS) is 15.4. The molecule has 0 saturated carbocycles. The van der Waals surface area contributed by atoms with Crippen molar-refractivity contribution in [3.63, 3.8) is 0 Å². The zero-order chi connectivity index (χ0) is 23.5. The number of carbonyl (C=O) groups excluding carboxylic acids is 2. The highest BCUT2D eigenvalue weighted by Crippen LogP contribution is 2.31. The quantitative estimate of drug-likeness (QED) is 0.668. The Hall–Kier alpha value is -3.12. The predicted octanol–water partition coefficient (Wildman–Crippen LogP) is 1.75. The minimum atomic E-state index is -4.60. The fourth-order valence-electron chi connectivity index (χ4n) is 3.26. The molecule has 0 radical (unpaired) electrons. The van der Waals surface area contributed by atoms with E-state index in [0.717, 1.165) is 12.1 Å². The van der Waals surface area contributed by atoms with Gasteiger partial charge in [0.25, 0.3) is 15.9 Å². The third kappa shape index (κ3) is 5.77. The highest BCUT2D eigenvalue weighted by molar-refractivity contribution is 7.92. The Morgan fingerprint density at radius 1 is 1.00 bits per heavy atom. The Morgan fingerprint density at radius 3 is 2.19 bits per heavy atom. The molecule has 2 amide bonds. The first-order valence-electron chi connectivity index (χ1n) is 9.56. The summed E-state index contributed by atoms with van der Waals surface area (Å²) in [6.07, 6.45) is -4.60. The van der Waals surface area contributed by atoms with E-state index < -0.39 is 27.7 Å². The van der Waals surface area contributed by atoms with Gasteiger partial charge in [0.2, 0.25) is 5.91 Å². The molecule has 1 heterocycles. The molecule has 1 fully saturated rings. The lowest BCUT2D eigenvalue weighted by molar-refractivity contribution is -0.137. The van der Waals surface area contributed by atoms with Crippen LogP contribution in [0.2, 0.25) is 0 Å². The van der Waals surface area contributed by atoms with Gasteiger partial charge >= 0.3 is 6.18 Å². The zero-order valence-corrected chi connectivity index (χ0v) is 17.6. The maximum absolute atomic E-state index is 12.8. The van der Waals surface area contributed by atoms with Crippen LogP contribution in [0.25, 0.3) is 0 Å². The van der Waals surface area contributed by atoms with Crippen molar-refractivity contribution in [2.45, 2.75) is 11.1 Å². The van der Waals surface area contributed by atoms with Gasteiger partial charge < -0.3 is 10.6 Å². The van der Waals surface area contributed by atoms with Crippen LogP contribution in [0.4, 0.5) is 18.9 Å². The van der Waals surface area contributed by atoms with Crippen molar-refractivity contribution in [2.75, 3.05) is 37.4 Å². The summed E-state index contributed by atoms with van der Waals surface area (Å²) in [7, 11) is -4.15. The van der Waals surface area contributed by atoms with Gasteiger partial charge in [-0.2, -0.15) is 13.2 Å². The highest BCUT2D eigenvalue weighted by Gasteiger charge is 2.31. The number of hydrogen-bond donors (Lipinski definition) is 2. The molecule has 1 aliphatic rings. The summed E-state index contributed by atoms with van der Waals surface area (Å²) >= 11 is 0. The number of sulfonamides is 1. The number of anilines is 1. The Morgan fingerprint density at radius 2 is 1.62 bits per heavy atom. The Bertz CT molecular complexity index is 1100. The minimum Gasteiger partial charge on any atom is -0.369 e. The number of nitrogens with one attached hydrogen (secondary N) is 1. The second-order valence-electron chi connectivity index (χ2n) is 7.24. The third-order valence-electron chi connectivity index (χ3n) is 4.89. The summed E-state index contributed by atoms with van der Waals surface area (Å²) in [6.45, 7) is 1.88. The maximum atomic E-state index is 12.8. The van der Waals surface area contributed by atoms with Crippen molar-refractivity contribution in [3.05, 3.63) is 59.7 Å². The molecule has 0 bridgehead atoms. The van der Waals surface area contributed by atoms with Gasteiger partial charge in [-0.05, 0) is 42.5 Å². The van der Waals surface area contributed by atoms with E-state index in [0.29, 0.717) is 32.2 Å². The van der Waals surface area contributed by atoms with Crippen LogP contribution in [0.15, 0.2) is 53.4 Å². The second-order valence-corrected chi connectivity index (χ2v) is 8.93. The summed E-state index contributed by atoms with van der Waals surface area (Å²) in [6, 6.07) is 8.98. The molecule has 0 spiro atoms. The van der Waals surface area contributed by atoms with Crippen LogP contribution in [0.5, 0.6) is 0 Å². The van der Waals surface area contributed by atoms with Crippen molar-refractivity contribution in [1.29, 1.82) is 0 Å². The van der Waals surface area contributed by atoms with Crippen molar-refractivity contribution in [3.8, 4) is 0 Å². The number of nitrogens with zero attached hydrogens (tertiary/aromatic N) is 2. The van der Waals surface area contributed by atoms with Gasteiger partial charge in [-0.1, -0.05) is 6.07 Å². The summed E-state index contributed by atoms with van der Waals surface area (Å²) in [5, 5.41) is 0. The molecule has 12 heteroatoms. The van der Waals surface area contributed by atoms with E-state index >= 15 is 0 Å². The molecule has 2 aromatic carbocycles. The molecule has 3 rings (SSSR count). The number of primary amides is 1. The second kappa shape index (κ2) is 9.17. The molecule has 172 valence electrons. The van der Waals surface area contributed by atoms with Crippen LogP contribution < -0.4 is 10.5 Å². The van der Waals surface area contributed by atoms with Gasteiger partial charge in [0.05, 0.1) is 17.0 Å². The lowest BCUT2D eigenvalue weighted by Gasteiger charge is -2.34. The van der Waals surface area contributed by atoms with E-state index in [1.807, 2.05) is 4.90 Å². The van der Waals surface area contributed by atoms with Crippen molar-refractivity contribution in [1.82, 2.24) is 9.80 Å². The maximum Gasteiger partial charge on any atom is 0.416 e. The van der Waals surface area contributed by atoms with E-state index in [4.69, 9.17) is 5.73 Å². The van der Waals surface area contributed by atoms with Gasteiger partial charge in [0.1, 0.15) is 0 Å². The Labute approximate surface area is 182 Å². The molecule has 1 saturated heterocycles. The van der Waals surface area contributed by atoms with Crippen molar-refractivity contribution in [2.24, 2.45) is 5.73 Å². The van der Waals surface area contributed by atoms with Crippen LogP contribution in [0.3, 0.4) is 0 Å². The topological polar surface area (TPSA) is 113 Å². The number of benzene rings is 2. The molecular weight excluding hydrogens is 449 g/mol. The number of carbonyl (C=O) groups is 2. The molecule has 0 unspecified atom stereocenters. The Balaban J connectivity index is 1.67. The number of amides is 2. The highest BCUT2D eigenvalue weighted by atomic mass is 32.2. The SMILES string of the molecule is NC(=O)CN1CCN(C(=O)c2ccc(S(=O)(=O)Nc3cccc(C(F)(F)F)c3)cc2)CC1. The summed E-state index contributed by atoms with van der Waals surface area (Å²) in [4.78, 5) is 26.9. The smallest absolute Gasteiger partial charge is 0.369 e. The fourth-order valence-corrected chi connectivity index (χ4v) is 4.31. The van der Waals surface area contributed by atoms with Gasteiger partial charge in [-0.15, -0.1) is 0 Å². The van der Waals surface area contributed by atoms with E-state index in [2.05, 4.69) is 4.72 Å². The molecule has 1 aliphatic heterocycles. The first-order chi connectivity index (χ1) is 15.0. The predicted molar refractivity (Wildman–Crippen MR) is 110 cm³/mol. The summed E-state index contributed by atoms with van der Waals surface area (Å²) in [5.41, 5.74) is 4.23. The first-order valence-corrected chi connectivity index (χ1v) is 11.0. The average Bonchev–Trinajstić information content (AvgIpc) is 2.73. The van der Waals surface area contributed by atoms with Crippen molar-refractivity contribution < 1.29 is 31.2 Å². The van der Waals surface area contributed by atoms with Crippen LogP contribution in [0, 0.1) is 0 Å². The Kier molecular flexibility index (Phi) is 6.74. The van der Waals surface area contributed by atoms with Crippen LogP contribution in [-0.2, 0) is 21.0 Å². The van der Waals surface area contributed by atoms with Crippen molar-refractivity contribution >= 4 is 27.5 Å². The molecule has 0 atom stereocenters. The molecule has 32 heavy (non-hydrogen) atoms. The fraction of sp³-hybridized carbons (Fsp3) is 0.300. The van der Waals surface area contributed by atoms with Crippen LogP contribution >= 0.6 is 0 Å². The van der Waals surface area contributed by atoms with E-state index in [-0.39, 0.29) is 28.6 Å². The number of nitrogens with two attached hydrogens (primary N) is 1. The monoisotopic (exact) mass is 470 g/mol. The van der Waals surface area contributed by atoms with Crippen LogP contribution in [-0.4, -0.2) is 62.8 Å². The minimum absolute atomic E-state index is 0.119. The number of hydrogen-bond acceptors (Lipinski definition) is 5. The van der Waals surface area contributed by atoms with Gasteiger partial charge in [0, 0.05) is 37.4 Å². The largest absolute Gasteiger partial charge is 0.416 e. The first kappa shape index (κ1) is 23.5. The molecule has 0 aliphatic carbocycles. The number of piperazine rings is 1. The number of rotatable bonds is 6. The lowest BCUT2D eigenvalue weighted by Crippen LogP contribution is -2.50. The van der Waals surface area contributed by atoms with E-state index in [1.165, 1.54) is 30.3 Å². The van der Waals surface area contributed by atoms with Crippen LogP contribution in [0.1, 0.15) is 15.9 Å². The molecule has 0 aromatic heterocycles. The molecule has 8 nitrogen and oxygen atoms in total. The summed E-state index contributed by atoms with van der Waals surface area (Å²) in [5.74, 6) is -0.737. The van der Waals surface area contributed by atoms with Gasteiger partial charge in [-0.25, -0.2) is 8.42 Å². The molecule has 3 N–H and O–H groups in total. The number of halogens is 3. The van der Waals surface area contributed by atoms with E-state index in [9.17, 15) is 31.2 Å². The average molecular weight is 470 g/mol. The number of alkyl halides is 3. The zero-order valence-electron chi connectivity index (χ0n) is 16.8. The van der Waals surface area contributed by atoms with Gasteiger partial charge in [-0.3, -0.25) is 19.2 Å². The van der Waals surface area contributed by atoms with E-state index in [1.54, 1.807) is 4.90 Å². The summed E-state index contributed by atoms with van der Waals surface area (Å²) < 4.78 is 65.7. The standard InChI is InChI=1S/C20H21F3N4O4S/c21-20(22,23)15-2-1-3-16(12-15)25-32(30,31)17-6-4-14(5-7-17)19(29)27-10-8-26(9-11-27)13-18(24)28/h1-7,12,25H,8-11,13H2,(H2,24,28). The molecular formula is C20H21F3N4O4S. The lowest BCUT2D eigenvalue weighted by atomic mass is 10.2.